The van der Waals surface area contributed by atoms with Crippen LogP contribution in [-0.2, 0) is 4.79 Å². The molecule has 0 aromatic heterocycles. The van der Waals surface area contributed by atoms with Crippen LogP contribution in [0.4, 0.5) is 0 Å². The predicted octanol–water partition coefficient (Wildman–Crippen LogP) is 1.26. The fourth-order valence-electron chi connectivity index (χ4n) is 3.74. The Kier molecular flexibility index (Phi) is 3.03. The molecule has 18 heavy (non-hydrogen) atoms. The second-order valence-corrected chi connectivity index (χ2v) is 6.15. The van der Waals surface area contributed by atoms with Crippen molar-refractivity contribution >= 4 is 5.91 Å². The van der Waals surface area contributed by atoms with E-state index in [4.69, 9.17) is 5.73 Å². The Morgan fingerprint density at radius 2 is 2.06 bits per heavy atom. The molecule has 4 heteroatoms. The molecule has 0 spiro atoms. The van der Waals surface area contributed by atoms with Gasteiger partial charge >= 0.3 is 0 Å². The Balaban J connectivity index is 1.65. The highest BCUT2D eigenvalue weighted by Gasteiger charge is 2.55. The number of nitrogens with two attached hydrogens (primary N) is 1. The molecule has 0 bridgehead atoms. The molecule has 1 amide bonds. The van der Waals surface area contributed by atoms with Crippen LogP contribution < -0.4 is 5.73 Å². The van der Waals surface area contributed by atoms with E-state index in [0.717, 1.165) is 25.8 Å². The number of hydrogen-bond donors (Lipinski definition) is 1. The lowest BCUT2D eigenvalue weighted by Gasteiger charge is -2.31. The third kappa shape index (κ3) is 1.91. The molecule has 3 rings (SSSR count). The number of rotatable bonds is 2. The molecule has 1 aliphatic heterocycles. The summed E-state index contributed by atoms with van der Waals surface area (Å²) in [6.45, 7) is 0.766. The van der Waals surface area contributed by atoms with Gasteiger partial charge in [-0.2, -0.15) is 5.26 Å². The van der Waals surface area contributed by atoms with Gasteiger partial charge in [0.25, 0.3) is 0 Å². The highest BCUT2D eigenvalue weighted by molar-refractivity contribution is 5.83. The van der Waals surface area contributed by atoms with Crippen LogP contribution in [0, 0.1) is 29.1 Å². The summed E-state index contributed by atoms with van der Waals surface area (Å²) in [7, 11) is 0. The Hall–Kier alpha value is -1.08. The molecule has 2 saturated carbocycles. The lowest BCUT2D eigenvalue weighted by atomic mass is 9.83. The molecule has 98 valence electrons. The summed E-state index contributed by atoms with van der Waals surface area (Å²) in [4.78, 5) is 14.2. The Morgan fingerprint density at radius 3 is 2.72 bits per heavy atom. The fourth-order valence-corrected chi connectivity index (χ4v) is 3.74. The number of fused-ring (bicyclic) bond motifs is 1. The maximum Gasteiger partial charge on any atom is 0.240 e. The van der Waals surface area contributed by atoms with Crippen molar-refractivity contribution in [3.05, 3.63) is 0 Å². The third-order valence-electron chi connectivity index (χ3n) is 5.01. The molecule has 1 saturated heterocycles. The normalized spacial score (nSPS) is 36.9. The van der Waals surface area contributed by atoms with Crippen LogP contribution in [0.25, 0.3) is 0 Å². The topological polar surface area (TPSA) is 70.1 Å². The minimum Gasteiger partial charge on any atom is -0.325 e. The van der Waals surface area contributed by atoms with Gasteiger partial charge in [0.15, 0.2) is 0 Å². The zero-order valence-corrected chi connectivity index (χ0v) is 10.7. The van der Waals surface area contributed by atoms with E-state index >= 15 is 0 Å². The molecular weight excluding hydrogens is 226 g/mol. The van der Waals surface area contributed by atoms with E-state index in [2.05, 4.69) is 6.07 Å². The summed E-state index contributed by atoms with van der Waals surface area (Å²) in [5.74, 6) is 1.39. The lowest BCUT2D eigenvalue weighted by molar-refractivity contribution is -0.134. The molecule has 3 unspecified atom stereocenters. The summed E-state index contributed by atoms with van der Waals surface area (Å²) in [6, 6.07) is 1.72. The Bertz CT molecular complexity index is 383. The summed E-state index contributed by atoms with van der Waals surface area (Å²) in [5, 5.41) is 9.19. The van der Waals surface area contributed by atoms with Crippen molar-refractivity contribution in [1.82, 2.24) is 4.90 Å². The van der Waals surface area contributed by atoms with Crippen LogP contribution in [0.2, 0.25) is 0 Å². The smallest absolute Gasteiger partial charge is 0.240 e. The van der Waals surface area contributed by atoms with Crippen molar-refractivity contribution in [2.45, 2.75) is 50.6 Å². The molecule has 2 aliphatic carbocycles. The van der Waals surface area contributed by atoms with E-state index in [1.165, 1.54) is 19.3 Å². The number of amides is 1. The first-order chi connectivity index (χ1) is 8.72. The van der Waals surface area contributed by atoms with Gasteiger partial charge in [0, 0.05) is 6.54 Å². The van der Waals surface area contributed by atoms with Gasteiger partial charge in [-0.25, -0.2) is 0 Å². The van der Waals surface area contributed by atoms with Gasteiger partial charge in [0.1, 0.15) is 6.04 Å². The quantitative estimate of drug-likeness (QED) is 0.798. The average Bonchev–Trinajstić information content (AvgIpc) is 3.09. The molecule has 3 aliphatic rings. The van der Waals surface area contributed by atoms with Crippen LogP contribution in [0.5, 0.6) is 0 Å². The van der Waals surface area contributed by atoms with E-state index in [-0.39, 0.29) is 18.0 Å². The van der Waals surface area contributed by atoms with E-state index < -0.39 is 0 Å². The molecule has 4 nitrogen and oxygen atoms in total. The molecule has 3 fully saturated rings. The van der Waals surface area contributed by atoms with Crippen molar-refractivity contribution in [2.75, 3.05) is 6.54 Å². The second kappa shape index (κ2) is 4.55. The Morgan fingerprint density at radius 1 is 1.33 bits per heavy atom. The average molecular weight is 247 g/mol. The van der Waals surface area contributed by atoms with Crippen LogP contribution in [0.15, 0.2) is 0 Å². The third-order valence-corrected chi connectivity index (χ3v) is 5.01. The van der Waals surface area contributed by atoms with Gasteiger partial charge in [0.05, 0.1) is 12.1 Å². The van der Waals surface area contributed by atoms with E-state index in [1.807, 2.05) is 0 Å². The first-order valence-corrected chi connectivity index (χ1v) is 7.18. The van der Waals surface area contributed by atoms with Crippen LogP contribution in [0.3, 0.4) is 0 Å². The van der Waals surface area contributed by atoms with Crippen molar-refractivity contribution < 1.29 is 4.79 Å². The summed E-state index contributed by atoms with van der Waals surface area (Å²) in [5.41, 5.74) is 6.15. The van der Waals surface area contributed by atoms with Gasteiger partial charge in [-0.1, -0.05) is 19.3 Å². The van der Waals surface area contributed by atoms with Gasteiger partial charge in [0.2, 0.25) is 5.91 Å². The highest BCUT2D eigenvalue weighted by Crippen LogP contribution is 2.49. The molecule has 0 radical (unpaired) electrons. The highest BCUT2D eigenvalue weighted by atomic mass is 16.2. The molecule has 4 atom stereocenters. The van der Waals surface area contributed by atoms with Gasteiger partial charge < -0.3 is 10.6 Å². The van der Waals surface area contributed by atoms with Crippen LogP contribution in [-0.4, -0.2) is 29.4 Å². The first kappa shape index (κ1) is 12.0. The monoisotopic (exact) mass is 247 g/mol. The Labute approximate surface area is 108 Å². The zero-order valence-electron chi connectivity index (χ0n) is 10.7. The van der Waals surface area contributed by atoms with Crippen molar-refractivity contribution in [3.8, 4) is 6.07 Å². The standard InChI is InChI=1S/C14H21N3O/c15-7-12-11-6-10(11)8-17(12)14(18)13(16)9-4-2-1-3-5-9/h9-13H,1-6,8,16H2/t10?,11-,12?,13?/m1/s1. The van der Waals surface area contributed by atoms with Gasteiger partial charge in [-0.3, -0.25) is 4.79 Å². The molecule has 1 heterocycles. The van der Waals surface area contributed by atoms with Crippen molar-refractivity contribution in [2.24, 2.45) is 23.5 Å². The summed E-state index contributed by atoms with van der Waals surface area (Å²) in [6.07, 6.45) is 6.93. The SMILES string of the molecule is N#CC1[C@@H]2CC2CN1C(=O)C(N)C1CCCCC1. The zero-order chi connectivity index (χ0) is 12.7. The number of piperidine rings is 1. The number of hydrogen-bond acceptors (Lipinski definition) is 3. The minimum absolute atomic E-state index is 0.0284. The van der Waals surface area contributed by atoms with Crippen LogP contribution >= 0.6 is 0 Å². The minimum atomic E-state index is -0.376. The maximum atomic E-state index is 12.4. The number of nitriles is 1. The van der Waals surface area contributed by atoms with E-state index in [0.29, 0.717) is 17.8 Å². The summed E-state index contributed by atoms with van der Waals surface area (Å²) < 4.78 is 0. The van der Waals surface area contributed by atoms with Gasteiger partial charge in [-0.15, -0.1) is 0 Å². The van der Waals surface area contributed by atoms with Crippen LogP contribution in [0.1, 0.15) is 38.5 Å². The molecule has 0 aromatic rings. The molecule has 0 aromatic carbocycles. The number of likely N-dealkylation sites (tertiary alicyclic amines) is 1. The number of nitrogens with zero attached hydrogens (tertiary/aromatic N) is 2. The molecule has 2 N–H and O–H groups in total. The van der Waals surface area contributed by atoms with Crippen molar-refractivity contribution in [1.29, 1.82) is 5.26 Å². The fraction of sp³-hybridized carbons (Fsp3) is 0.857. The van der Waals surface area contributed by atoms with E-state index in [1.54, 1.807) is 4.90 Å². The van der Waals surface area contributed by atoms with Gasteiger partial charge in [-0.05, 0) is 37.0 Å². The second-order valence-electron chi connectivity index (χ2n) is 6.15. The molecular formula is C14H21N3O. The lowest BCUT2D eigenvalue weighted by Crippen LogP contribution is -2.50. The van der Waals surface area contributed by atoms with E-state index in [9.17, 15) is 10.1 Å². The number of carbonyl (C=O) groups is 1. The summed E-state index contributed by atoms with van der Waals surface area (Å²) >= 11 is 0. The van der Waals surface area contributed by atoms with Crippen molar-refractivity contribution in [3.63, 3.8) is 0 Å². The predicted molar refractivity (Wildman–Crippen MR) is 67.3 cm³/mol. The number of carbonyl (C=O) groups excluding carboxylic acids is 1. The largest absolute Gasteiger partial charge is 0.325 e. The maximum absolute atomic E-state index is 12.4. The first-order valence-electron chi connectivity index (χ1n) is 7.18.